The third kappa shape index (κ3) is 1.91. The summed E-state index contributed by atoms with van der Waals surface area (Å²) in [5.74, 6) is 0.0304. The van der Waals surface area contributed by atoms with Gasteiger partial charge in [0.15, 0.2) is 5.78 Å². The van der Waals surface area contributed by atoms with Crippen LogP contribution in [0.15, 0.2) is 39.6 Å². The first-order valence-corrected chi connectivity index (χ1v) is 6.32. The van der Waals surface area contributed by atoms with Crippen LogP contribution in [0.4, 0.5) is 0 Å². The molecular weight excluding hydrogens is 248 g/mol. The number of carbonyl (C=O) groups excluding carboxylic acids is 1. The molecule has 1 aromatic rings. The van der Waals surface area contributed by atoms with Crippen molar-refractivity contribution in [2.24, 2.45) is 5.73 Å². The zero-order valence-electron chi connectivity index (χ0n) is 10.1. The van der Waals surface area contributed by atoms with Crippen molar-refractivity contribution in [3.8, 4) is 6.07 Å². The minimum absolute atomic E-state index is 0.0798. The molecule has 5 heteroatoms. The number of hydrogen-bond acceptors (Lipinski definition) is 5. The van der Waals surface area contributed by atoms with Gasteiger partial charge in [-0.05, 0) is 36.2 Å². The Hall–Kier alpha value is -2.06. The van der Waals surface area contributed by atoms with Crippen LogP contribution in [0.1, 0.15) is 25.3 Å². The maximum Gasteiger partial charge on any atom is 0.205 e. The van der Waals surface area contributed by atoms with Crippen molar-refractivity contribution in [3.63, 3.8) is 0 Å². The van der Waals surface area contributed by atoms with Gasteiger partial charge in [0, 0.05) is 5.57 Å². The normalized spacial score (nSPS) is 19.5. The molecule has 0 fully saturated rings. The van der Waals surface area contributed by atoms with Crippen molar-refractivity contribution in [2.75, 3.05) is 0 Å². The van der Waals surface area contributed by atoms with Gasteiger partial charge in [-0.3, -0.25) is 4.79 Å². The number of Topliss-reactive ketones (excluding diaryl/α,β-unsaturated/α-hetero) is 1. The smallest absolute Gasteiger partial charge is 0.205 e. The van der Waals surface area contributed by atoms with E-state index in [-0.39, 0.29) is 11.7 Å². The summed E-state index contributed by atoms with van der Waals surface area (Å²) in [6.45, 7) is 3.16. The molecule has 0 saturated carbocycles. The lowest BCUT2D eigenvalue weighted by atomic mass is 9.83. The van der Waals surface area contributed by atoms with E-state index >= 15 is 0 Å². The third-order valence-electron chi connectivity index (χ3n) is 2.86. The molecule has 1 atom stereocenters. The minimum atomic E-state index is -0.410. The molecule has 0 spiro atoms. The monoisotopic (exact) mass is 260 g/mol. The molecule has 92 valence electrons. The first-order valence-electron chi connectivity index (χ1n) is 5.37. The van der Waals surface area contributed by atoms with Crippen molar-refractivity contribution in [3.05, 3.63) is 45.2 Å². The lowest BCUT2D eigenvalue weighted by Crippen LogP contribution is -2.22. The Bertz CT molecular complexity index is 591. The summed E-state index contributed by atoms with van der Waals surface area (Å²) in [6, 6.07) is 3.94. The Morgan fingerprint density at radius 3 is 2.83 bits per heavy atom. The summed E-state index contributed by atoms with van der Waals surface area (Å²) in [4.78, 5) is 11.8. The molecule has 2 heterocycles. The number of ether oxygens (including phenoxy) is 1. The van der Waals surface area contributed by atoms with Gasteiger partial charge in [-0.25, -0.2) is 0 Å². The number of thiophene rings is 1. The van der Waals surface area contributed by atoms with E-state index in [1.165, 1.54) is 18.3 Å². The van der Waals surface area contributed by atoms with Crippen molar-refractivity contribution in [1.82, 2.24) is 0 Å². The average Bonchev–Trinajstić information content (AvgIpc) is 2.80. The van der Waals surface area contributed by atoms with E-state index < -0.39 is 5.92 Å². The fraction of sp³-hybridized carbons (Fsp3) is 0.231. The topological polar surface area (TPSA) is 76.1 Å². The summed E-state index contributed by atoms with van der Waals surface area (Å²) in [5.41, 5.74) is 7.42. The fourth-order valence-corrected chi connectivity index (χ4v) is 2.79. The summed E-state index contributed by atoms with van der Waals surface area (Å²) < 4.78 is 5.29. The van der Waals surface area contributed by atoms with Crippen molar-refractivity contribution >= 4 is 17.1 Å². The SMILES string of the molecule is CC(=O)C1=C(C)OC(N)=C(C#N)[C@H]1c1ccsc1. The molecule has 0 bridgehead atoms. The Balaban J connectivity index is 2.63. The molecule has 0 radical (unpaired) electrons. The zero-order chi connectivity index (χ0) is 13.3. The highest BCUT2D eigenvalue weighted by Gasteiger charge is 2.33. The number of allylic oxidation sites excluding steroid dienone is 3. The standard InChI is InChI=1S/C13H12N2O2S/c1-7(16)11-8(2)17-13(15)10(5-14)12(11)9-3-4-18-6-9/h3-4,6,12H,15H2,1-2H3/t12-/m1/s1. The number of hydrogen-bond donors (Lipinski definition) is 1. The molecular formula is C13H12N2O2S. The number of rotatable bonds is 2. The summed E-state index contributed by atoms with van der Waals surface area (Å²) in [6.07, 6.45) is 0. The predicted octanol–water partition coefficient (Wildman–Crippen LogP) is 2.42. The second kappa shape index (κ2) is 4.67. The Kier molecular flexibility index (Phi) is 3.21. The van der Waals surface area contributed by atoms with E-state index in [9.17, 15) is 10.1 Å². The lowest BCUT2D eigenvalue weighted by Gasteiger charge is -2.25. The summed E-state index contributed by atoms with van der Waals surface area (Å²) in [5, 5.41) is 13.0. The molecule has 4 nitrogen and oxygen atoms in total. The maximum atomic E-state index is 11.8. The van der Waals surface area contributed by atoms with Gasteiger partial charge in [0.2, 0.25) is 5.88 Å². The second-order valence-electron chi connectivity index (χ2n) is 4.01. The maximum absolute atomic E-state index is 11.8. The first-order chi connectivity index (χ1) is 8.56. The Morgan fingerprint density at radius 1 is 1.61 bits per heavy atom. The summed E-state index contributed by atoms with van der Waals surface area (Å²) >= 11 is 1.51. The van der Waals surface area contributed by atoms with Crippen molar-refractivity contribution in [1.29, 1.82) is 5.26 Å². The van der Waals surface area contributed by atoms with Gasteiger partial charge < -0.3 is 10.5 Å². The zero-order valence-corrected chi connectivity index (χ0v) is 10.9. The van der Waals surface area contributed by atoms with Crippen LogP contribution in [0.25, 0.3) is 0 Å². The number of carbonyl (C=O) groups is 1. The molecule has 0 amide bonds. The molecule has 0 aliphatic carbocycles. The minimum Gasteiger partial charge on any atom is -0.445 e. The lowest BCUT2D eigenvalue weighted by molar-refractivity contribution is -0.114. The fourth-order valence-electron chi connectivity index (χ4n) is 2.11. The highest BCUT2D eigenvalue weighted by atomic mass is 32.1. The molecule has 1 aliphatic heterocycles. The van der Waals surface area contributed by atoms with E-state index in [2.05, 4.69) is 0 Å². The van der Waals surface area contributed by atoms with E-state index in [1.807, 2.05) is 22.9 Å². The molecule has 0 saturated heterocycles. The van der Waals surface area contributed by atoms with Crippen LogP contribution in [-0.4, -0.2) is 5.78 Å². The highest BCUT2D eigenvalue weighted by molar-refractivity contribution is 7.08. The van der Waals surface area contributed by atoms with E-state index in [0.717, 1.165) is 5.56 Å². The van der Waals surface area contributed by atoms with Crippen LogP contribution < -0.4 is 5.73 Å². The van der Waals surface area contributed by atoms with Crippen molar-refractivity contribution in [2.45, 2.75) is 19.8 Å². The molecule has 18 heavy (non-hydrogen) atoms. The molecule has 2 N–H and O–H groups in total. The van der Waals surface area contributed by atoms with Crippen molar-refractivity contribution < 1.29 is 9.53 Å². The van der Waals surface area contributed by atoms with Gasteiger partial charge in [0.1, 0.15) is 17.4 Å². The van der Waals surface area contributed by atoms with Crippen LogP contribution in [0.5, 0.6) is 0 Å². The second-order valence-corrected chi connectivity index (χ2v) is 4.79. The third-order valence-corrected chi connectivity index (χ3v) is 3.56. The number of nitriles is 1. The number of ketones is 1. The summed E-state index contributed by atoms with van der Waals surface area (Å²) in [7, 11) is 0. The molecule has 2 rings (SSSR count). The van der Waals surface area contributed by atoms with Gasteiger partial charge in [-0.1, -0.05) is 0 Å². The van der Waals surface area contributed by atoms with Crippen LogP contribution in [0.3, 0.4) is 0 Å². The predicted molar refractivity (Wildman–Crippen MR) is 68.4 cm³/mol. The highest BCUT2D eigenvalue weighted by Crippen LogP contribution is 2.39. The van der Waals surface area contributed by atoms with Gasteiger partial charge in [0.05, 0.1) is 5.92 Å². The van der Waals surface area contributed by atoms with Gasteiger partial charge >= 0.3 is 0 Å². The van der Waals surface area contributed by atoms with Crippen LogP contribution in [-0.2, 0) is 9.53 Å². The van der Waals surface area contributed by atoms with Gasteiger partial charge in [-0.2, -0.15) is 16.6 Å². The molecule has 1 aromatic heterocycles. The largest absolute Gasteiger partial charge is 0.445 e. The van der Waals surface area contributed by atoms with Gasteiger partial charge in [-0.15, -0.1) is 0 Å². The molecule has 0 unspecified atom stereocenters. The number of nitrogens with zero attached hydrogens (tertiary/aromatic N) is 1. The number of nitrogens with two attached hydrogens (primary N) is 1. The Labute approximate surface area is 109 Å². The van der Waals surface area contributed by atoms with Gasteiger partial charge in [0.25, 0.3) is 0 Å². The Morgan fingerprint density at radius 2 is 2.33 bits per heavy atom. The van der Waals surface area contributed by atoms with E-state index in [0.29, 0.717) is 16.9 Å². The molecule has 0 aromatic carbocycles. The average molecular weight is 260 g/mol. The van der Waals surface area contributed by atoms with Crippen LogP contribution >= 0.6 is 11.3 Å². The quantitative estimate of drug-likeness (QED) is 0.886. The molecule has 1 aliphatic rings. The van der Waals surface area contributed by atoms with Crippen LogP contribution in [0, 0.1) is 11.3 Å². The van der Waals surface area contributed by atoms with E-state index in [1.54, 1.807) is 6.92 Å². The van der Waals surface area contributed by atoms with E-state index in [4.69, 9.17) is 10.5 Å². The van der Waals surface area contributed by atoms with Crippen LogP contribution in [0.2, 0.25) is 0 Å². The first kappa shape index (κ1) is 12.4.